The fraction of sp³-hybridized carbons (Fsp3) is 0.300. The van der Waals surface area contributed by atoms with E-state index < -0.39 is 11.7 Å². The lowest BCUT2D eigenvalue weighted by Crippen LogP contribution is -2.30. The standard InChI is InChI=1S/C10H10N2O2S/c1-2-8(13)10(14)12-5-3-4-9-11-6-7-15-9/h6-7H,2,5H2,1H3,(H,12,14). The molecule has 4 nitrogen and oxygen atoms in total. The van der Waals surface area contributed by atoms with Crippen LogP contribution in [0.1, 0.15) is 18.4 Å². The third kappa shape index (κ3) is 3.92. The smallest absolute Gasteiger partial charge is 0.288 e. The fourth-order valence-corrected chi connectivity index (χ4v) is 1.29. The monoisotopic (exact) mass is 222 g/mol. The first-order chi connectivity index (χ1) is 7.24. The molecular formula is C10H10N2O2S. The molecule has 1 heterocycles. The lowest BCUT2D eigenvalue weighted by Gasteiger charge is -1.96. The number of amides is 1. The van der Waals surface area contributed by atoms with Gasteiger partial charge in [-0.15, -0.1) is 11.3 Å². The van der Waals surface area contributed by atoms with Crippen molar-refractivity contribution >= 4 is 23.0 Å². The highest BCUT2D eigenvalue weighted by Crippen LogP contribution is 1.99. The van der Waals surface area contributed by atoms with E-state index in [4.69, 9.17) is 0 Å². The number of carbonyl (C=O) groups excluding carboxylic acids is 2. The van der Waals surface area contributed by atoms with E-state index in [0.717, 1.165) is 0 Å². The Balaban J connectivity index is 2.33. The van der Waals surface area contributed by atoms with Crippen LogP contribution < -0.4 is 5.32 Å². The van der Waals surface area contributed by atoms with Crippen molar-refractivity contribution in [3.05, 3.63) is 16.6 Å². The van der Waals surface area contributed by atoms with Gasteiger partial charge in [-0.25, -0.2) is 4.98 Å². The van der Waals surface area contributed by atoms with Crippen LogP contribution in [0.25, 0.3) is 0 Å². The van der Waals surface area contributed by atoms with Crippen LogP contribution >= 0.6 is 11.3 Å². The van der Waals surface area contributed by atoms with Crippen LogP contribution in [-0.4, -0.2) is 23.2 Å². The Labute approximate surface area is 91.7 Å². The topological polar surface area (TPSA) is 59.1 Å². The Kier molecular flexibility index (Phi) is 4.51. The molecule has 15 heavy (non-hydrogen) atoms. The first-order valence-electron chi connectivity index (χ1n) is 4.43. The molecule has 1 rings (SSSR count). The van der Waals surface area contributed by atoms with Gasteiger partial charge in [0.05, 0.1) is 6.54 Å². The quantitative estimate of drug-likeness (QED) is 0.601. The van der Waals surface area contributed by atoms with Gasteiger partial charge in [0.1, 0.15) is 0 Å². The van der Waals surface area contributed by atoms with Crippen molar-refractivity contribution < 1.29 is 9.59 Å². The van der Waals surface area contributed by atoms with Crippen molar-refractivity contribution in [3.63, 3.8) is 0 Å². The number of carbonyl (C=O) groups is 2. The molecule has 0 spiro atoms. The molecule has 1 aromatic heterocycles. The summed E-state index contributed by atoms with van der Waals surface area (Å²) in [5.74, 6) is 4.48. The molecule has 0 aliphatic carbocycles. The predicted octanol–water partition coefficient (Wildman–Crippen LogP) is 0.590. The average Bonchev–Trinajstić information content (AvgIpc) is 2.75. The summed E-state index contributed by atoms with van der Waals surface area (Å²) >= 11 is 1.43. The van der Waals surface area contributed by atoms with Gasteiger partial charge in [0.2, 0.25) is 5.78 Å². The number of hydrogen-bond acceptors (Lipinski definition) is 4. The normalized spacial score (nSPS) is 8.87. The van der Waals surface area contributed by atoms with Gasteiger partial charge in [0.15, 0.2) is 5.01 Å². The molecule has 5 heteroatoms. The molecule has 78 valence electrons. The highest BCUT2D eigenvalue weighted by molar-refractivity contribution is 7.10. The molecule has 0 unspecified atom stereocenters. The number of thiazole rings is 1. The van der Waals surface area contributed by atoms with Crippen LogP contribution in [0.2, 0.25) is 0 Å². The molecular weight excluding hydrogens is 212 g/mol. The molecule has 0 saturated heterocycles. The minimum atomic E-state index is -0.578. The Hall–Kier alpha value is -1.67. The highest BCUT2D eigenvalue weighted by Gasteiger charge is 2.08. The zero-order valence-electron chi connectivity index (χ0n) is 8.24. The summed E-state index contributed by atoms with van der Waals surface area (Å²) in [5, 5.41) is 4.93. The van der Waals surface area contributed by atoms with Gasteiger partial charge in [-0.1, -0.05) is 12.8 Å². The molecule has 1 amide bonds. The molecule has 0 fully saturated rings. The summed E-state index contributed by atoms with van der Waals surface area (Å²) in [6, 6.07) is 0. The maximum absolute atomic E-state index is 11.0. The molecule has 0 aliphatic rings. The van der Waals surface area contributed by atoms with Crippen LogP contribution in [0.3, 0.4) is 0 Å². The molecule has 0 bridgehead atoms. The third-order valence-corrected chi connectivity index (χ3v) is 2.23. The number of rotatable bonds is 3. The van der Waals surface area contributed by atoms with Crippen LogP contribution in [0.4, 0.5) is 0 Å². The van der Waals surface area contributed by atoms with Gasteiger partial charge < -0.3 is 5.32 Å². The van der Waals surface area contributed by atoms with Crippen molar-refractivity contribution in [2.75, 3.05) is 6.54 Å². The summed E-state index contributed by atoms with van der Waals surface area (Å²) in [5.41, 5.74) is 0. The number of hydrogen-bond donors (Lipinski definition) is 1. The largest absolute Gasteiger partial charge is 0.339 e. The van der Waals surface area contributed by atoms with E-state index in [-0.39, 0.29) is 13.0 Å². The average molecular weight is 222 g/mol. The van der Waals surface area contributed by atoms with Gasteiger partial charge in [0.25, 0.3) is 5.91 Å². The van der Waals surface area contributed by atoms with Gasteiger partial charge in [-0.3, -0.25) is 9.59 Å². The van der Waals surface area contributed by atoms with E-state index in [9.17, 15) is 9.59 Å². The van der Waals surface area contributed by atoms with Crippen molar-refractivity contribution in [1.29, 1.82) is 0 Å². The van der Waals surface area contributed by atoms with Gasteiger partial charge in [-0.2, -0.15) is 0 Å². The van der Waals surface area contributed by atoms with E-state index in [1.807, 2.05) is 5.38 Å². The van der Waals surface area contributed by atoms with E-state index in [0.29, 0.717) is 5.01 Å². The SMILES string of the molecule is CCC(=O)C(=O)NCC#Cc1nccs1. The summed E-state index contributed by atoms with van der Waals surface area (Å²) in [4.78, 5) is 25.8. The Morgan fingerprint density at radius 1 is 1.60 bits per heavy atom. The van der Waals surface area contributed by atoms with Crippen molar-refractivity contribution in [2.24, 2.45) is 0 Å². The number of nitrogens with zero attached hydrogens (tertiary/aromatic N) is 1. The molecule has 0 aromatic carbocycles. The van der Waals surface area contributed by atoms with E-state index in [2.05, 4.69) is 22.1 Å². The van der Waals surface area contributed by atoms with Gasteiger partial charge in [0, 0.05) is 18.0 Å². The third-order valence-electron chi connectivity index (χ3n) is 1.54. The molecule has 0 radical (unpaired) electrons. The Bertz CT molecular complexity index is 401. The summed E-state index contributed by atoms with van der Waals surface area (Å²) < 4.78 is 0. The van der Waals surface area contributed by atoms with Crippen molar-refractivity contribution in [2.45, 2.75) is 13.3 Å². The minimum Gasteiger partial charge on any atom is -0.339 e. The van der Waals surface area contributed by atoms with Gasteiger partial charge >= 0.3 is 0 Å². The molecule has 0 aliphatic heterocycles. The Morgan fingerprint density at radius 2 is 2.40 bits per heavy atom. The van der Waals surface area contributed by atoms with Crippen LogP contribution in [0, 0.1) is 11.8 Å². The first-order valence-corrected chi connectivity index (χ1v) is 5.31. The van der Waals surface area contributed by atoms with Crippen molar-refractivity contribution in [1.82, 2.24) is 10.3 Å². The number of nitrogens with one attached hydrogen (secondary N) is 1. The Morgan fingerprint density at radius 3 is 3.00 bits per heavy atom. The van der Waals surface area contributed by atoms with Crippen LogP contribution in [-0.2, 0) is 9.59 Å². The van der Waals surface area contributed by atoms with Crippen LogP contribution in [0.5, 0.6) is 0 Å². The lowest BCUT2D eigenvalue weighted by molar-refractivity contribution is -0.137. The maximum atomic E-state index is 11.0. The summed E-state index contributed by atoms with van der Waals surface area (Å²) in [7, 11) is 0. The number of ketones is 1. The zero-order valence-corrected chi connectivity index (χ0v) is 9.06. The minimum absolute atomic E-state index is 0.171. The molecule has 1 aromatic rings. The van der Waals surface area contributed by atoms with E-state index in [1.165, 1.54) is 11.3 Å². The lowest BCUT2D eigenvalue weighted by atomic mass is 10.3. The second-order valence-electron chi connectivity index (χ2n) is 2.60. The second-order valence-corrected chi connectivity index (χ2v) is 3.49. The molecule has 0 atom stereocenters. The number of aromatic nitrogens is 1. The highest BCUT2D eigenvalue weighted by atomic mass is 32.1. The zero-order chi connectivity index (χ0) is 11.1. The van der Waals surface area contributed by atoms with Gasteiger partial charge in [-0.05, 0) is 5.92 Å². The van der Waals surface area contributed by atoms with E-state index >= 15 is 0 Å². The predicted molar refractivity (Wildman–Crippen MR) is 57.3 cm³/mol. The summed E-state index contributed by atoms with van der Waals surface area (Å²) in [6.45, 7) is 1.81. The maximum Gasteiger partial charge on any atom is 0.288 e. The molecule has 1 N–H and O–H groups in total. The molecule has 0 saturated carbocycles. The van der Waals surface area contributed by atoms with Crippen LogP contribution in [0.15, 0.2) is 11.6 Å². The van der Waals surface area contributed by atoms with E-state index in [1.54, 1.807) is 13.1 Å². The fourth-order valence-electron chi connectivity index (χ4n) is 0.789. The van der Waals surface area contributed by atoms with Crippen molar-refractivity contribution in [3.8, 4) is 11.8 Å². The first kappa shape index (κ1) is 11.4. The second kappa shape index (κ2) is 5.94. The summed E-state index contributed by atoms with van der Waals surface area (Å²) in [6.07, 6.45) is 1.87. The number of Topliss-reactive ketones (excluding diaryl/α,β-unsaturated/α-hetero) is 1.